The predicted octanol–water partition coefficient (Wildman–Crippen LogP) is 6.81. The van der Waals surface area contributed by atoms with Gasteiger partial charge in [0.15, 0.2) is 0 Å². The second kappa shape index (κ2) is 19.4. The van der Waals surface area contributed by atoms with Gasteiger partial charge < -0.3 is 5.11 Å². The first-order valence-corrected chi connectivity index (χ1v) is 12.7. The molecule has 0 spiro atoms. The molecule has 1 atom stereocenters. The minimum atomic E-state index is -0.499. The normalized spacial score (nSPS) is 12.9. The number of nitrogens with one attached hydrogen (secondary N) is 2. The summed E-state index contributed by atoms with van der Waals surface area (Å²) in [6, 6.07) is 0. The third-order valence-corrected chi connectivity index (χ3v) is 5.93. The van der Waals surface area contributed by atoms with E-state index in [1.165, 1.54) is 83.5 Å². The average molecular weight is 413 g/mol. The number of hydrogen-bond acceptors (Lipinski definition) is 3. The van der Waals surface area contributed by atoms with Gasteiger partial charge in [0.1, 0.15) is 0 Å². The minimum absolute atomic E-state index is 0.0245. The van der Waals surface area contributed by atoms with Crippen LogP contribution in [-0.4, -0.2) is 22.7 Å². The van der Waals surface area contributed by atoms with E-state index in [1.54, 1.807) is 0 Å². The third-order valence-electron chi connectivity index (χ3n) is 5.93. The van der Waals surface area contributed by atoms with Crippen LogP contribution < -0.4 is 10.9 Å². The molecule has 4 nitrogen and oxygen atoms in total. The van der Waals surface area contributed by atoms with Crippen LogP contribution in [0.15, 0.2) is 0 Å². The lowest BCUT2D eigenvalue weighted by Crippen LogP contribution is -2.56. The van der Waals surface area contributed by atoms with Crippen molar-refractivity contribution in [3.05, 3.63) is 0 Å². The molecule has 29 heavy (non-hydrogen) atoms. The van der Waals surface area contributed by atoms with Crippen LogP contribution >= 0.6 is 0 Å². The Morgan fingerprint density at radius 1 is 0.724 bits per heavy atom. The Kier molecular flexibility index (Phi) is 19.0. The van der Waals surface area contributed by atoms with E-state index in [2.05, 4.69) is 17.8 Å². The number of aliphatic hydroxyl groups is 1. The molecule has 0 heterocycles. The van der Waals surface area contributed by atoms with Crippen molar-refractivity contribution >= 4 is 5.91 Å². The lowest BCUT2D eigenvalue weighted by molar-refractivity contribution is -0.123. The molecule has 0 aromatic rings. The zero-order valence-corrected chi connectivity index (χ0v) is 20.2. The molecule has 0 saturated carbocycles. The van der Waals surface area contributed by atoms with E-state index < -0.39 is 11.6 Å². The number of aliphatic hydroxyl groups excluding tert-OH is 1. The molecular formula is C25H52N2O2. The monoisotopic (exact) mass is 412 g/mol. The van der Waals surface area contributed by atoms with Gasteiger partial charge in [0, 0.05) is 6.42 Å². The molecule has 4 heteroatoms. The van der Waals surface area contributed by atoms with Crippen LogP contribution in [-0.2, 0) is 4.79 Å². The maximum absolute atomic E-state index is 11.9. The van der Waals surface area contributed by atoms with Gasteiger partial charge in [-0.25, -0.2) is 5.43 Å². The number of carbonyl (C=O) groups excluding carboxylic acids is 1. The summed E-state index contributed by atoms with van der Waals surface area (Å²) < 4.78 is 0. The standard InChI is InChI=1S/C25H52N2O2/c1-5-7-8-9-10-11-12-13-14-15-16-17-18-19-20-22-24(29)26-27-25(3,4)23(28)21-6-2/h23,27-28H,5-22H2,1-4H3,(H,26,29). The summed E-state index contributed by atoms with van der Waals surface area (Å²) in [4.78, 5) is 11.9. The molecule has 3 N–H and O–H groups in total. The molecular weight excluding hydrogens is 360 g/mol. The van der Waals surface area contributed by atoms with E-state index >= 15 is 0 Å². The van der Waals surface area contributed by atoms with Gasteiger partial charge in [0.05, 0.1) is 11.6 Å². The number of hydrazine groups is 1. The molecule has 174 valence electrons. The lowest BCUT2D eigenvalue weighted by atomic mass is 9.95. The van der Waals surface area contributed by atoms with Crippen LogP contribution in [0.25, 0.3) is 0 Å². The first-order valence-electron chi connectivity index (χ1n) is 12.7. The highest BCUT2D eigenvalue weighted by atomic mass is 16.3. The Hall–Kier alpha value is -0.610. The van der Waals surface area contributed by atoms with E-state index in [0.29, 0.717) is 6.42 Å². The third kappa shape index (κ3) is 17.9. The summed E-state index contributed by atoms with van der Waals surface area (Å²) in [5.74, 6) is 0.0245. The van der Waals surface area contributed by atoms with Gasteiger partial charge in [0.2, 0.25) is 5.91 Å². The summed E-state index contributed by atoms with van der Waals surface area (Å²) in [6.07, 6.45) is 21.8. The van der Waals surface area contributed by atoms with Crippen molar-refractivity contribution < 1.29 is 9.90 Å². The molecule has 1 amide bonds. The zero-order valence-electron chi connectivity index (χ0n) is 20.2. The summed E-state index contributed by atoms with van der Waals surface area (Å²) in [6.45, 7) is 8.16. The van der Waals surface area contributed by atoms with Crippen LogP contribution in [0.5, 0.6) is 0 Å². The van der Waals surface area contributed by atoms with Crippen LogP contribution in [0.4, 0.5) is 0 Å². The van der Waals surface area contributed by atoms with Gasteiger partial charge in [-0.3, -0.25) is 10.2 Å². The largest absolute Gasteiger partial charge is 0.391 e. The molecule has 0 aromatic carbocycles. The van der Waals surface area contributed by atoms with Crippen LogP contribution in [0.3, 0.4) is 0 Å². The van der Waals surface area contributed by atoms with Crippen LogP contribution in [0.2, 0.25) is 0 Å². The second-order valence-electron chi connectivity index (χ2n) is 9.40. The van der Waals surface area contributed by atoms with Crippen molar-refractivity contribution in [2.45, 2.75) is 155 Å². The van der Waals surface area contributed by atoms with Crippen LogP contribution in [0, 0.1) is 0 Å². The molecule has 0 radical (unpaired) electrons. The highest BCUT2D eigenvalue weighted by Crippen LogP contribution is 2.14. The zero-order chi connectivity index (χ0) is 21.8. The van der Waals surface area contributed by atoms with Gasteiger partial charge >= 0.3 is 0 Å². The van der Waals surface area contributed by atoms with Crippen molar-refractivity contribution in [3.8, 4) is 0 Å². The quantitative estimate of drug-likeness (QED) is 0.143. The van der Waals surface area contributed by atoms with Crippen molar-refractivity contribution in [3.63, 3.8) is 0 Å². The average Bonchev–Trinajstić information content (AvgIpc) is 2.69. The van der Waals surface area contributed by atoms with E-state index in [1.807, 2.05) is 20.8 Å². The highest BCUT2D eigenvalue weighted by Gasteiger charge is 2.27. The highest BCUT2D eigenvalue weighted by molar-refractivity contribution is 5.75. The summed E-state index contributed by atoms with van der Waals surface area (Å²) in [5, 5.41) is 10.1. The number of carbonyl (C=O) groups is 1. The molecule has 0 aromatic heterocycles. The second-order valence-corrected chi connectivity index (χ2v) is 9.40. The van der Waals surface area contributed by atoms with E-state index in [-0.39, 0.29) is 5.91 Å². The lowest BCUT2D eigenvalue weighted by Gasteiger charge is -2.31. The summed E-state index contributed by atoms with van der Waals surface area (Å²) in [7, 11) is 0. The molecule has 0 fully saturated rings. The van der Waals surface area contributed by atoms with Gasteiger partial charge in [-0.1, -0.05) is 110 Å². The minimum Gasteiger partial charge on any atom is -0.391 e. The van der Waals surface area contributed by atoms with Crippen LogP contribution in [0.1, 0.15) is 143 Å². The van der Waals surface area contributed by atoms with Crippen molar-refractivity contribution in [2.75, 3.05) is 0 Å². The Morgan fingerprint density at radius 3 is 1.55 bits per heavy atom. The van der Waals surface area contributed by atoms with Gasteiger partial charge in [0.25, 0.3) is 0 Å². The predicted molar refractivity (Wildman–Crippen MR) is 126 cm³/mol. The maximum Gasteiger partial charge on any atom is 0.234 e. The Bertz CT molecular complexity index is 372. The topological polar surface area (TPSA) is 61.4 Å². The summed E-state index contributed by atoms with van der Waals surface area (Å²) >= 11 is 0. The van der Waals surface area contributed by atoms with Crippen molar-refractivity contribution in [1.82, 2.24) is 10.9 Å². The first-order chi connectivity index (χ1) is 13.9. The van der Waals surface area contributed by atoms with Gasteiger partial charge in [-0.15, -0.1) is 0 Å². The Labute approximate surface area is 182 Å². The SMILES string of the molecule is CCCCCCCCCCCCCCCCCC(=O)NNC(C)(C)C(O)CCC. The fourth-order valence-corrected chi connectivity index (χ4v) is 3.67. The van der Waals surface area contributed by atoms with Crippen molar-refractivity contribution in [1.29, 1.82) is 0 Å². The molecule has 0 aliphatic carbocycles. The Morgan fingerprint density at radius 2 is 1.14 bits per heavy atom. The van der Waals surface area contributed by atoms with E-state index in [4.69, 9.17) is 0 Å². The van der Waals surface area contributed by atoms with E-state index in [9.17, 15) is 9.90 Å². The molecule has 0 rings (SSSR count). The smallest absolute Gasteiger partial charge is 0.234 e. The maximum atomic E-state index is 11.9. The number of unbranched alkanes of at least 4 members (excludes halogenated alkanes) is 14. The molecule has 0 aliphatic rings. The molecule has 0 aliphatic heterocycles. The fraction of sp³-hybridized carbons (Fsp3) is 0.960. The van der Waals surface area contributed by atoms with E-state index in [0.717, 1.165) is 25.7 Å². The van der Waals surface area contributed by atoms with Gasteiger partial charge in [-0.2, -0.15) is 0 Å². The van der Waals surface area contributed by atoms with Gasteiger partial charge in [-0.05, 0) is 26.7 Å². The molecule has 0 saturated heterocycles. The molecule has 0 bridgehead atoms. The Balaban J connectivity index is 3.39. The number of amides is 1. The number of hydrogen-bond donors (Lipinski definition) is 3. The fourth-order valence-electron chi connectivity index (χ4n) is 3.67. The number of rotatable bonds is 21. The summed E-state index contributed by atoms with van der Waals surface area (Å²) in [5.41, 5.74) is 5.26. The molecule has 1 unspecified atom stereocenters. The van der Waals surface area contributed by atoms with Crippen molar-refractivity contribution in [2.24, 2.45) is 0 Å². The first kappa shape index (κ1) is 28.4.